The molecule has 0 aromatic heterocycles. The molecule has 5 heteroatoms. The fourth-order valence-electron chi connectivity index (χ4n) is 2.19. The van der Waals surface area contributed by atoms with Gasteiger partial charge >= 0.3 is 6.09 Å². The van der Waals surface area contributed by atoms with Crippen LogP contribution in [0.15, 0.2) is 18.2 Å². The second-order valence-corrected chi connectivity index (χ2v) is 5.06. The predicted octanol–water partition coefficient (Wildman–Crippen LogP) is 3.85. The lowest BCUT2D eigenvalue weighted by atomic mass is 9.91. The second kappa shape index (κ2) is 5.15. The van der Waals surface area contributed by atoms with Crippen LogP contribution in [0.4, 0.5) is 4.79 Å². The van der Waals surface area contributed by atoms with Gasteiger partial charge in [0.05, 0.1) is 10.0 Å². The summed E-state index contributed by atoms with van der Waals surface area (Å²) in [7, 11) is 0. The first-order valence-electron chi connectivity index (χ1n) is 5.50. The molecule has 2 rings (SSSR count). The summed E-state index contributed by atoms with van der Waals surface area (Å²) in [5, 5.41) is 10.0. The molecule has 3 nitrogen and oxygen atoms in total. The van der Waals surface area contributed by atoms with Gasteiger partial charge in [-0.1, -0.05) is 29.3 Å². The van der Waals surface area contributed by atoms with Gasteiger partial charge < -0.3 is 10.0 Å². The van der Waals surface area contributed by atoms with E-state index in [-0.39, 0.29) is 5.92 Å². The molecule has 1 unspecified atom stereocenters. The minimum Gasteiger partial charge on any atom is -0.465 e. The minimum absolute atomic E-state index is 0.217. The third kappa shape index (κ3) is 2.85. The van der Waals surface area contributed by atoms with Crippen molar-refractivity contribution < 1.29 is 9.90 Å². The van der Waals surface area contributed by atoms with Crippen molar-refractivity contribution in [2.45, 2.75) is 18.8 Å². The number of hydrogen-bond donors (Lipinski definition) is 1. The van der Waals surface area contributed by atoms with Crippen molar-refractivity contribution in [2.75, 3.05) is 13.1 Å². The predicted molar refractivity (Wildman–Crippen MR) is 68.0 cm³/mol. The third-order valence-corrected chi connectivity index (χ3v) is 3.85. The van der Waals surface area contributed by atoms with Crippen LogP contribution in [0.25, 0.3) is 0 Å². The maximum atomic E-state index is 10.9. The summed E-state index contributed by atoms with van der Waals surface area (Å²) < 4.78 is 0. The van der Waals surface area contributed by atoms with Gasteiger partial charge in [-0.3, -0.25) is 0 Å². The monoisotopic (exact) mass is 273 g/mol. The SMILES string of the molecule is O=C(O)N1CCCC(c2ccc(Cl)c(Cl)c2)C1. The Balaban J connectivity index is 2.16. The van der Waals surface area contributed by atoms with Gasteiger partial charge in [0, 0.05) is 19.0 Å². The number of halogens is 2. The summed E-state index contributed by atoms with van der Waals surface area (Å²) in [6.45, 7) is 1.15. The molecule has 1 fully saturated rings. The number of piperidine rings is 1. The van der Waals surface area contributed by atoms with Gasteiger partial charge in [0.15, 0.2) is 0 Å². The van der Waals surface area contributed by atoms with E-state index in [9.17, 15) is 4.79 Å². The van der Waals surface area contributed by atoms with Crippen molar-refractivity contribution in [2.24, 2.45) is 0 Å². The minimum atomic E-state index is -0.852. The van der Waals surface area contributed by atoms with Gasteiger partial charge in [0.25, 0.3) is 0 Å². The average molecular weight is 274 g/mol. The number of nitrogens with zero attached hydrogens (tertiary/aromatic N) is 1. The first-order chi connectivity index (χ1) is 8.08. The van der Waals surface area contributed by atoms with Crippen molar-refractivity contribution in [3.05, 3.63) is 33.8 Å². The molecule has 1 aliphatic heterocycles. The Morgan fingerprint density at radius 1 is 1.35 bits per heavy atom. The van der Waals surface area contributed by atoms with E-state index >= 15 is 0 Å². The molecule has 92 valence electrons. The van der Waals surface area contributed by atoms with Crippen LogP contribution in [0.5, 0.6) is 0 Å². The molecule has 17 heavy (non-hydrogen) atoms. The van der Waals surface area contributed by atoms with Gasteiger partial charge in [-0.25, -0.2) is 4.79 Å². The zero-order chi connectivity index (χ0) is 12.4. The molecule has 1 atom stereocenters. The summed E-state index contributed by atoms with van der Waals surface area (Å²) in [6, 6.07) is 5.52. The molecule has 1 aromatic carbocycles. The lowest BCUT2D eigenvalue weighted by Crippen LogP contribution is -2.38. The molecule has 1 N–H and O–H groups in total. The van der Waals surface area contributed by atoms with Crippen LogP contribution in [0.1, 0.15) is 24.3 Å². The van der Waals surface area contributed by atoms with Gasteiger partial charge in [-0.05, 0) is 30.5 Å². The van der Waals surface area contributed by atoms with E-state index in [0.29, 0.717) is 23.1 Å². The van der Waals surface area contributed by atoms with Crippen molar-refractivity contribution >= 4 is 29.3 Å². The van der Waals surface area contributed by atoms with Crippen LogP contribution >= 0.6 is 23.2 Å². The standard InChI is InChI=1S/C12H13Cl2NO2/c13-10-4-3-8(6-11(10)14)9-2-1-5-15(7-9)12(16)17/h3-4,6,9H,1-2,5,7H2,(H,16,17). The molecule has 1 saturated heterocycles. The number of carboxylic acid groups (broad SMARTS) is 1. The maximum Gasteiger partial charge on any atom is 0.407 e. The first kappa shape index (κ1) is 12.5. The molecule has 0 bridgehead atoms. The van der Waals surface area contributed by atoms with Crippen LogP contribution < -0.4 is 0 Å². The highest BCUT2D eigenvalue weighted by atomic mass is 35.5. The lowest BCUT2D eigenvalue weighted by molar-refractivity contribution is 0.130. The van der Waals surface area contributed by atoms with Gasteiger partial charge in [-0.2, -0.15) is 0 Å². The summed E-state index contributed by atoms with van der Waals surface area (Å²) in [4.78, 5) is 12.4. The Labute approximate surface area is 110 Å². The molecular weight excluding hydrogens is 261 g/mol. The number of benzene rings is 1. The highest BCUT2D eigenvalue weighted by molar-refractivity contribution is 6.42. The summed E-state index contributed by atoms with van der Waals surface area (Å²) in [5.41, 5.74) is 1.06. The van der Waals surface area contributed by atoms with Crippen molar-refractivity contribution in [3.8, 4) is 0 Å². The Morgan fingerprint density at radius 2 is 2.12 bits per heavy atom. The Kier molecular flexibility index (Phi) is 3.79. The Bertz CT molecular complexity index is 437. The van der Waals surface area contributed by atoms with Crippen LogP contribution in [0.3, 0.4) is 0 Å². The van der Waals surface area contributed by atoms with Crippen LogP contribution in [-0.4, -0.2) is 29.2 Å². The van der Waals surface area contributed by atoms with E-state index in [4.69, 9.17) is 28.3 Å². The maximum absolute atomic E-state index is 10.9. The molecule has 1 heterocycles. The Hall–Kier alpha value is -0.930. The number of carbonyl (C=O) groups is 1. The zero-order valence-corrected chi connectivity index (χ0v) is 10.7. The van der Waals surface area contributed by atoms with Crippen molar-refractivity contribution in [1.82, 2.24) is 4.90 Å². The third-order valence-electron chi connectivity index (χ3n) is 3.11. The van der Waals surface area contributed by atoms with E-state index in [2.05, 4.69) is 0 Å². The largest absolute Gasteiger partial charge is 0.465 e. The van der Waals surface area contributed by atoms with Crippen molar-refractivity contribution in [3.63, 3.8) is 0 Å². The molecule has 1 aromatic rings. The normalized spacial score (nSPS) is 20.4. The zero-order valence-electron chi connectivity index (χ0n) is 9.20. The molecule has 1 amide bonds. The number of hydrogen-bond acceptors (Lipinski definition) is 1. The van der Waals surface area contributed by atoms with E-state index in [1.807, 2.05) is 12.1 Å². The average Bonchev–Trinajstić information content (AvgIpc) is 2.33. The van der Waals surface area contributed by atoms with Crippen LogP contribution in [-0.2, 0) is 0 Å². The van der Waals surface area contributed by atoms with Gasteiger partial charge in [0.1, 0.15) is 0 Å². The molecule has 1 aliphatic rings. The van der Waals surface area contributed by atoms with Crippen molar-refractivity contribution in [1.29, 1.82) is 0 Å². The molecule has 0 spiro atoms. The number of amides is 1. The molecule has 0 saturated carbocycles. The number of rotatable bonds is 1. The van der Waals surface area contributed by atoms with Gasteiger partial charge in [0.2, 0.25) is 0 Å². The summed E-state index contributed by atoms with van der Waals surface area (Å²) >= 11 is 11.8. The molecular formula is C12H13Cl2NO2. The second-order valence-electron chi connectivity index (χ2n) is 4.24. The van der Waals surface area contributed by atoms with Gasteiger partial charge in [-0.15, -0.1) is 0 Å². The van der Waals surface area contributed by atoms with E-state index in [1.165, 1.54) is 4.90 Å². The smallest absolute Gasteiger partial charge is 0.407 e. The van der Waals surface area contributed by atoms with E-state index < -0.39 is 6.09 Å². The highest BCUT2D eigenvalue weighted by Gasteiger charge is 2.24. The van der Waals surface area contributed by atoms with Crippen LogP contribution in [0.2, 0.25) is 10.0 Å². The number of likely N-dealkylation sites (tertiary alicyclic amines) is 1. The fraction of sp³-hybridized carbons (Fsp3) is 0.417. The van der Waals surface area contributed by atoms with E-state index in [0.717, 1.165) is 18.4 Å². The summed E-state index contributed by atoms with van der Waals surface area (Å²) in [6.07, 6.45) is 1.02. The molecule has 0 aliphatic carbocycles. The topological polar surface area (TPSA) is 40.5 Å². The molecule has 0 radical (unpaired) electrons. The fourth-order valence-corrected chi connectivity index (χ4v) is 2.50. The highest BCUT2D eigenvalue weighted by Crippen LogP contribution is 2.31. The van der Waals surface area contributed by atoms with Crippen LogP contribution in [0, 0.1) is 0 Å². The lowest BCUT2D eigenvalue weighted by Gasteiger charge is -2.31. The quantitative estimate of drug-likeness (QED) is 0.844. The first-order valence-corrected chi connectivity index (χ1v) is 6.26. The Morgan fingerprint density at radius 3 is 2.76 bits per heavy atom. The van der Waals surface area contributed by atoms with E-state index in [1.54, 1.807) is 6.07 Å². The summed E-state index contributed by atoms with van der Waals surface area (Å²) in [5.74, 6) is 0.217.